The summed E-state index contributed by atoms with van der Waals surface area (Å²) in [4.78, 5) is 18.7. The molecule has 2 N–H and O–H groups in total. The van der Waals surface area contributed by atoms with Crippen LogP contribution in [0.2, 0.25) is 0 Å². The minimum atomic E-state index is -0.146. The molecular weight excluding hydrogens is 320 g/mol. The summed E-state index contributed by atoms with van der Waals surface area (Å²) in [7, 11) is 0. The summed E-state index contributed by atoms with van der Waals surface area (Å²) >= 11 is 1.45. The summed E-state index contributed by atoms with van der Waals surface area (Å²) in [6, 6.07) is 10.7. The number of hydrogen-bond acceptors (Lipinski definition) is 4. The summed E-state index contributed by atoms with van der Waals surface area (Å²) in [6.07, 6.45) is 3.08. The van der Waals surface area contributed by atoms with Crippen LogP contribution in [0.25, 0.3) is 0 Å². The Balaban J connectivity index is 1.36. The van der Waals surface area contributed by atoms with Crippen LogP contribution in [0.1, 0.15) is 24.1 Å². The third-order valence-electron chi connectivity index (χ3n) is 4.32. The molecule has 1 aromatic carbocycles. The van der Waals surface area contributed by atoms with Crippen molar-refractivity contribution in [3.8, 4) is 0 Å². The molecule has 1 aromatic heterocycles. The van der Waals surface area contributed by atoms with Gasteiger partial charge in [0.1, 0.15) is 0 Å². The van der Waals surface area contributed by atoms with Crippen LogP contribution in [0.3, 0.4) is 0 Å². The molecule has 0 radical (unpaired) electrons. The lowest BCUT2D eigenvalue weighted by molar-refractivity contribution is 0.197. The van der Waals surface area contributed by atoms with Crippen LogP contribution in [-0.4, -0.2) is 41.6 Å². The number of aryl methyl sites for hydroxylation is 1. The smallest absolute Gasteiger partial charge is 0.321 e. The molecule has 0 aliphatic carbocycles. The number of hydrogen-bond donors (Lipinski definition) is 2. The van der Waals surface area contributed by atoms with Gasteiger partial charge in [-0.2, -0.15) is 0 Å². The Labute approximate surface area is 147 Å². The van der Waals surface area contributed by atoms with E-state index in [0.717, 1.165) is 44.6 Å². The van der Waals surface area contributed by atoms with E-state index in [9.17, 15) is 4.79 Å². The molecule has 0 atom stereocenters. The first-order valence-corrected chi connectivity index (χ1v) is 9.33. The van der Waals surface area contributed by atoms with Gasteiger partial charge in [-0.05, 0) is 31.7 Å². The van der Waals surface area contributed by atoms with Gasteiger partial charge in [-0.1, -0.05) is 30.3 Å². The van der Waals surface area contributed by atoms with E-state index in [0.29, 0.717) is 5.13 Å². The lowest BCUT2D eigenvalue weighted by Crippen LogP contribution is -2.46. The SMILES string of the molecule is Cc1csc(NC(=O)NC2CCN(CCc3ccccc3)CC2)n1. The van der Waals surface area contributed by atoms with Crippen molar-refractivity contribution in [1.82, 2.24) is 15.2 Å². The van der Waals surface area contributed by atoms with Gasteiger partial charge < -0.3 is 10.2 Å². The molecule has 3 rings (SSSR count). The molecule has 128 valence electrons. The van der Waals surface area contributed by atoms with Crippen LogP contribution in [0.5, 0.6) is 0 Å². The normalized spacial score (nSPS) is 16.0. The summed E-state index contributed by atoms with van der Waals surface area (Å²) in [5.41, 5.74) is 2.32. The van der Waals surface area contributed by atoms with Crippen molar-refractivity contribution < 1.29 is 4.79 Å². The Morgan fingerprint density at radius 3 is 2.71 bits per heavy atom. The van der Waals surface area contributed by atoms with Gasteiger partial charge in [0.05, 0.1) is 5.69 Å². The number of aromatic nitrogens is 1. The van der Waals surface area contributed by atoms with Crippen LogP contribution < -0.4 is 10.6 Å². The average Bonchev–Trinajstić information content (AvgIpc) is 3.00. The third kappa shape index (κ3) is 5.04. The van der Waals surface area contributed by atoms with E-state index in [1.54, 1.807) is 0 Å². The molecule has 1 saturated heterocycles. The van der Waals surface area contributed by atoms with Gasteiger partial charge in [0.15, 0.2) is 5.13 Å². The number of thiazole rings is 1. The fourth-order valence-corrected chi connectivity index (χ4v) is 3.65. The molecule has 2 aromatic rings. The number of amides is 2. The quantitative estimate of drug-likeness (QED) is 0.875. The van der Waals surface area contributed by atoms with E-state index >= 15 is 0 Å². The van der Waals surface area contributed by atoms with E-state index in [-0.39, 0.29) is 12.1 Å². The van der Waals surface area contributed by atoms with E-state index in [2.05, 4.69) is 50.8 Å². The highest BCUT2D eigenvalue weighted by Crippen LogP contribution is 2.15. The molecule has 1 fully saturated rings. The average molecular weight is 344 g/mol. The Morgan fingerprint density at radius 2 is 2.04 bits per heavy atom. The third-order valence-corrected chi connectivity index (χ3v) is 5.20. The zero-order valence-corrected chi connectivity index (χ0v) is 14.8. The number of piperidine rings is 1. The number of carbonyl (C=O) groups is 1. The highest BCUT2D eigenvalue weighted by molar-refractivity contribution is 7.13. The number of nitrogens with zero attached hydrogens (tertiary/aromatic N) is 2. The van der Waals surface area contributed by atoms with Crippen LogP contribution in [-0.2, 0) is 6.42 Å². The first-order valence-electron chi connectivity index (χ1n) is 8.45. The molecule has 0 saturated carbocycles. The number of anilines is 1. The Hall–Kier alpha value is -1.92. The van der Waals surface area contributed by atoms with Gasteiger partial charge in [-0.3, -0.25) is 5.32 Å². The number of urea groups is 1. The first kappa shape index (κ1) is 16.9. The number of benzene rings is 1. The van der Waals surface area contributed by atoms with Crippen molar-refractivity contribution in [1.29, 1.82) is 0 Å². The van der Waals surface area contributed by atoms with Gasteiger partial charge in [-0.15, -0.1) is 11.3 Å². The van der Waals surface area contributed by atoms with E-state index in [4.69, 9.17) is 0 Å². The maximum atomic E-state index is 12.0. The monoisotopic (exact) mass is 344 g/mol. The predicted molar refractivity (Wildman–Crippen MR) is 98.6 cm³/mol. The van der Waals surface area contributed by atoms with Gasteiger partial charge in [0, 0.05) is 31.1 Å². The molecule has 0 bridgehead atoms. The van der Waals surface area contributed by atoms with E-state index in [1.807, 2.05) is 12.3 Å². The number of rotatable bonds is 5. The number of likely N-dealkylation sites (tertiary alicyclic amines) is 1. The van der Waals surface area contributed by atoms with Gasteiger partial charge >= 0.3 is 6.03 Å². The first-order chi connectivity index (χ1) is 11.7. The second kappa shape index (κ2) is 8.26. The van der Waals surface area contributed by atoms with Crippen LogP contribution >= 0.6 is 11.3 Å². The summed E-state index contributed by atoms with van der Waals surface area (Å²) < 4.78 is 0. The summed E-state index contributed by atoms with van der Waals surface area (Å²) in [5.74, 6) is 0. The zero-order valence-electron chi connectivity index (χ0n) is 14.0. The Kier molecular flexibility index (Phi) is 5.82. The highest BCUT2D eigenvalue weighted by Gasteiger charge is 2.20. The molecule has 2 amide bonds. The molecule has 1 aliphatic heterocycles. The van der Waals surface area contributed by atoms with Gasteiger partial charge in [0.2, 0.25) is 0 Å². The fraction of sp³-hybridized carbons (Fsp3) is 0.444. The minimum absolute atomic E-state index is 0.146. The van der Waals surface area contributed by atoms with Crippen molar-refractivity contribution >= 4 is 22.5 Å². The maximum Gasteiger partial charge on any atom is 0.321 e. The van der Waals surface area contributed by atoms with Crippen molar-refractivity contribution in [2.24, 2.45) is 0 Å². The molecule has 0 spiro atoms. The zero-order chi connectivity index (χ0) is 16.8. The molecule has 6 heteroatoms. The molecular formula is C18H24N4OS. The van der Waals surface area contributed by atoms with Gasteiger partial charge in [0.25, 0.3) is 0 Å². The molecule has 2 heterocycles. The van der Waals surface area contributed by atoms with E-state index < -0.39 is 0 Å². The standard InChI is InChI=1S/C18H24N4OS/c1-14-13-24-18(19-14)21-17(23)20-16-8-11-22(12-9-16)10-7-15-5-3-2-4-6-15/h2-6,13,16H,7-12H2,1H3,(H2,19,20,21,23). The summed E-state index contributed by atoms with van der Waals surface area (Å²) in [5, 5.41) is 8.46. The minimum Gasteiger partial charge on any atom is -0.335 e. The lowest BCUT2D eigenvalue weighted by atomic mass is 10.0. The summed E-state index contributed by atoms with van der Waals surface area (Å²) in [6.45, 7) is 5.08. The number of carbonyl (C=O) groups excluding carboxylic acids is 1. The predicted octanol–water partition coefficient (Wildman–Crippen LogP) is 3.28. The Morgan fingerprint density at radius 1 is 1.29 bits per heavy atom. The molecule has 24 heavy (non-hydrogen) atoms. The molecule has 1 aliphatic rings. The van der Waals surface area contributed by atoms with Crippen molar-refractivity contribution in [3.63, 3.8) is 0 Å². The van der Waals surface area contributed by atoms with Crippen molar-refractivity contribution in [3.05, 3.63) is 47.0 Å². The fourth-order valence-electron chi connectivity index (χ4n) is 2.96. The topological polar surface area (TPSA) is 57.3 Å². The highest BCUT2D eigenvalue weighted by atomic mass is 32.1. The van der Waals surface area contributed by atoms with E-state index in [1.165, 1.54) is 16.9 Å². The van der Waals surface area contributed by atoms with Crippen LogP contribution in [0.15, 0.2) is 35.7 Å². The largest absolute Gasteiger partial charge is 0.335 e. The second-order valence-corrected chi connectivity index (χ2v) is 7.10. The maximum absolute atomic E-state index is 12.0. The molecule has 5 nitrogen and oxygen atoms in total. The second-order valence-electron chi connectivity index (χ2n) is 6.24. The van der Waals surface area contributed by atoms with Crippen LogP contribution in [0, 0.1) is 6.92 Å². The van der Waals surface area contributed by atoms with Crippen LogP contribution in [0.4, 0.5) is 9.93 Å². The lowest BCUT2D eigenvalue weighted by Gasteiger charge is -2.32. The Bertz CT molecular complexity index is 650. The van der Waals surface area contributed by atoms with Gasteiger partial charge in [-0.25, -0.2) is 9.78 Å². The van der Waals surface area contributed by atoms with Crippen molar-refractivity contribution in [2.45, 2.75) is 32.2 Å². The molecule has 0 unspecified atom stereocenters. The van der Waals surface area contributed by atoms with Crippen molar-refractivity contribution in [2.75, 3.05) is 25.0 Å². The number of nitrogens with one attached hydrogen (secondary N) is 2.